The van der Waals surface area contributed by atoms with E-state index in [1.165, 1.54) is 23.0 Å². The van der Waals surface area contributed by atoms with Crippen LogP contribution < -0.4 is 0 Å². The van der Waals surface area contributed by atoms with Gasteiger partial charge in [0.05, 0.1) is 6.20 Å². The van der Waals surface area contributed by atoms with Gasteiger partial charge in [-0.2, -0.15) is 5.10 Å². The highest BCUT2D eigenvalue weighted by Crippen LogP contribution is 2.20. The highest BCUT2D eigenvalue weighted by molar-refractivity contribution is 6.31. The molecular formula is C17H18ClFN4O3. The maximum absolute atomic E-state index is 13.1. The second-order valence-electron chi connectivity index (χ2n) is 6.14. The van der Waals surface area contributed by atoms with Crippen LogP contribution in [-0.4, -0.2) is 62.7 Å². The molecule has 2 aromatic rings. The average Bonchev–Trinajstić information content (AvgIpc) is 2.99. The van der Waals surface area contributed by atoms with E-state index in [1.807, 2.05) is 0 Å². The molecule has 1 aromatic carbocycles. The Kier molecular flexibility index (Phi) is 5.24. The summed E-state index contributed by atoms with van der Waals surface area (Å²) in [5.74, 6) is -1.90. The molecule has 1 fully saturated rings. The van der Waals surface area contributed by atoms with Crippen molar-refractivity contribution in [3.63, 3.8) is 0 Å². The number of benzene rings is 1. The number of amides is 1. The van der Waals surface area contributed by atoms with Gasteiger partial charge in [-0.25, -0.2) is 9.18 Å². The third-order valence-corrected chi connectivity index (χ3v) is 4.79. The summed E-state index contributed by atoms with van der Waals surface area (Å²) in [6.07, 6.45) is 1.18. The zero-order valence-electron chi connectivity index (χ0n) is 14.2. The lowest BCUT2D eigenvalue weighted by atomic mass is 10.1. The Morgan fingerprint density at radius 2 is 1.96 bits per heavy atom. The Balaban J connectivity index is 1.64. The molecule has 0 bridgehead atoms. The number of carboxylic acid groups (broad SMARTS) is 1. The van der Waals surface area contributed by atoms with Crippen molar-refractivity contribution in [2.45, 2.75) is 6.54 Å². The first kappa shape index (κ1) is 18.3. The molecule has 1 aliphatic rings. The zero-order valence-corrected chi connectivity index (χ0v) is 14.9. The monoisotopic (exact) mass is 380 g/mol. The molecule has 1 amide bonds. The predicted octanol–water partition coefficient (Wildman–Crippen LogP) is 1.87. The summed E-state index contributed by atoms with van der Waals surface area (Å²) in [6, 6.07) is 4.31. The molecule has 0 spiro atoms. The first-order valence-corrected chi connectivity index (χ1v) is 8.45. The van der Waals surface area contributed by atoms with Crippen LogP contribution in [0.25, 0.3) is 0 Å². The number of hydrogen-bond donors (Lipinski definition) is 1. The third-order valence-electron chi connectivity index (χ3n) is 4.44. The van der Waals surface area contributed by atoms with E-state index in [-0.39, 0.29) is 23.0 Å². The molecule has 7 nitrogen and oxygen atoms in total. The fraction of sp³-hybridized carbons (Fsp3) is 0.353. The van der Waals surface area contributed by atoms with Crippen LogP contribution in [0.3, 0.4) is 0 Å². The summed E-state index contributed by atoms with van der Waals surface area (Å²) in [5, 5.41) is 13.5. The molecule has 0 radical (unpaired) electrons. The van der Waals surface area contributed by atoms with Crippen LogP contribution in [0, 0.1) is 5.82 Å². The molecule has 2 heterocycles. The van der Waals surface area contributed by atoms with Crippen LogP contribution in [0.4, 0.5) is 4.39 Å². The third kappa shape index (κ3) is 3.71. The molecule has 1 aliphatic heterocycles. The van der Waals surface area contributed by atoms with E-state index in [1.54, 1.807) is 18.0 Å². The van der Waals surface area contributed by atoms with Gasteiger partial charge >= 0.3 is 5.97 Å². The normalized spacial score (nSPS) is 15.3. The van der Waals surface area contributed by atoms with Crippen LogP contribution in [0.15, 0.2) is 24.4 Å². The van der Waals surface area contributed by atoms with Gasteiger partial charge in [0.25, 0.3) is 5.91 Å². The fourth-order valence-electron chi connectivity index (χ4n) is 3.00. The summed E-state index contributed by atoms with van der Waals surface area (Å²) in [4.78, 5) is 27.7. The minimum absolute atomic E-state index is 0.0764. The van der Waals surface area contributed by atoms with Gasteiger partial charge in [-0.05, 0) is 17.7 Å². The van der Waals surface area contributed by atoms with Crippen LogP contribution >= 0.6 is 11.6 Å². The van der Waals surface area contributed by atoms with Gasteiger partial charge in [0, 0.05) is 44.8 Å². The van der Waals surface area contributed by atoms with Gasteiger partial charge < -0.3 is 10.0 Å². The van der Waals surface area contributed by atoms with Gasteiger partial charge in [-0.15, -0.1) is 0 Å². The van der Waals surface area contributed by atoms with Crippen LogP contribution in [0.1, 0.15) is 26.4 Å². The van der Waals surface area contributed by atoms with Gasteiger partial charge in [-0.1, -0.05) is 17.7 Å². The number of rotatable bonds is 4. The second-order valence-corrected chi connectivity index (χ2v) is 6.55. The zero-order chi connectivity index (χ0) is 18.8. The van der Waals surface area contributed by atoms with E-state index < -0.39 is 5.97 Å². The molecule has 0 unspecified atom stereocenters. The molecule has 26 heavy (non-hydrogen) atoms. The van der Waals surface area contributed by atoms with Crippen molar-refractivity contribution in [2.24, 2.45) is 7.05 Å². The number of carbonyl (C=O) groups is 2. The molecule has 138 valence electrons. The first-order valence-electron chi connectivity index (χ1n) is 8.07. The van der Waals surface area contributed by atoms with E-state index >= 15 is 0 Å². The summed E-state index contributed by atoms with van der Waals surface area (Å²) in [6.45, 7) is 2.70. The van der Waals surface area contributed by atoms with Crippen LogP contribution in [0.5, 0.6) is 0 Å². The predicted molar refractivity (Wildman–Crippen MR) is 92.8 cm³/mol. The highest BCUT2D eigenvalue weighted by Gasteiger charge is 2.28. The SMILES string of the molecule is Cn1ncc(C(=O)O)c1C(=O)N1CCN(Cc2ccc(F)cc2Cl)CC1. The Hall–Kier alpha value is -2.45. The topological polar surface area (TPSA) is 78.7 Å². The Morgan fingerprint density at radius 1 is 1.27 bits per heavy atom. The van der Waals surface area contributed by atoms with Crippen LogP contribution in [0.2, 0.25) is 5.02 Å². The highest BCUT2D eigenvalue weighted by atomic mass is 35.5. The van der Waals surface area contributed by atoms with Crippen molar-refractivity contribution in [3.05, 3.63) is 52.1 Å². The number of aryl methyl sites for hydroxylation is 1. The number of carbonyl (C=O) groups excluding carboxylic acids is 1. The second kappa shape index (κ2) is 7.43. The number of aromatic carboxylic acids is 1. The molecule has 0 aliphatic carbocycles. The molecule has 9 heteroatoms. The Bertz CT molecular complexity index is 847. The van der Waals surface area contributed by atoms with E-state index in [0.717, 1.165) is 5.56 Å². The van der Waals surface area contributed by atoms with Crippen molar-refractivity contribution in [1.82, 2.24) is 19.6 Å². The van der Waals surface area contributed by atoms with Crippen molar-refractivity contribution in [3.8, 4) is 0 Å². The molecular weight excluding hydrogens is 363 g/mol. The van der Waals surface area contributed by atoms with E-state index in [4.69, 9.17) is 11.6 Å². The number of piperazine rings is 1. The van der Waals surface area contributed by atoms with E-state index in [2.05, 4.69) is 10.00 Å². The number of carboxylic acids is 1. The number of nitrogens with zero attached hydrogens (tertiary/aromatic N) is 4. The van der Waals surface area contributed by atoms with E-state index in [0.29, 0.717) is 37.7 Å². The molecule has 1 N–H and O–H groups in total. The Morgan fingerprint density at radius 3 is 2.58 bits per heavy atom. The van der Waals surface area contributed by atoms with Gasteiger partial charge in [0.15, 0.2) is 0 Å². The van der Waals surface area contributed by atoms with Crippen LogP contribution in [-0.2, 0) is 13.6 Å². The Labute approximate surface area is 154 Å². The number of hydrogen-bond acceptors (Lipinski definition) is 4. The maximum Gasteiger partial charge on any atom is 0.339 e. The van der Waals surface area contributed by atoms with Gasteiger partial charge in [0.1, 0.15) is 17.1 Å². The summed E-state index contributed by atoms with van der Waals surface area (Å²) in [5.41, 5.74) is 0.804. The number of aromatic nitrogens is 2. The fourth-order valence-corrected chi connectivity index (χ4v) is 3.22. The maximum atomic E-state index is 13.1. The standard InChI is InChI=1S/C17H18ClFN4O3/c1-21-15(13(9-20-21)17(25)26)16(24)23-6-4-22(5-7-23)10-11-2-3-12(19)8-14(11)18/h2-3,8-9H,4-7,10H2,1H3,(H,25,26). The summed E-state index contributed by atoms with van der Waals surface area (Å²) >= 11 is 6.06. The molecule has 0 atom stereocenters. The van der Waals surface area contributed by atoms with E-state index in [9.17, 15) is 19.1 Å². The minimum Gasteiger partial charge on any atom is -0.478 e. The molecule has 1 aromatic heterocycles. The van der Waals surface area contributed by atoms with Crippen molar-refractivity contribution >= 4 is 23.5 Å². The molecule has 3 rings (SSSR count). The average molecular weight is 381 g/mol. The van der Waals surface area contributed by atoms with Gasteiger partial charge in [0.2, 0.25) is 0 Å². The van der Waals surface area contributed by atoms with Crippen molar-refractivity contribution < 1.29 is 19.1 Å². The summed E-state index contributed by atoms with van der Waals surface area (Å²) in [7, 11) is 1.55. The van der Waals surface area contributed by atoms with Crippen molar-refractivity contribution in [2.75, 3.05) is 26.2 Å². The minimum atomic E-state index is -1.17. The van der Waals surface area contributed by atoms with Crippen molar-refractivity contribution in [1.29, 1.82) is 0 Å². The first-order chi connectivity index (χ1) is 12.4. The smallest absolute Gasteiger partial charge is 0.339 e. The lowest BCUT2D eigenvalue weighted by molar-refractivity contribution is 0.0599. The lowest BCUT2D eigenvalue weighted by Gasteiger charge is -2.35. The quantitative estimate of drug-likeness (QED) is 0.876. The lowest BCUT2D eigenvalue weighted by Crippen LogP contribution is -2.48. The number of halogens is 2. The van der Waals surface area contributed by atoms with Gasteiger partial charge in [-0.3, -0.25) is 14.4 Å². The largest absolute Gasteiger partial charge is 0.478 e. The molecule has 0 saturated carbocycles. The summed E-state index contributed by atoms with van der Waals surface area (Å²) < 4.78 is 14.4. The molecule has 1 saturated heterocycles.